The van der Waals surface area contributed by atoms with Crippen molar-refractivity contribution in [1.29, 1.82) is 0 Å². The number of carbonyl (C=O) groups excluding carboxylic acids is 4. The Hall–Kier alpha value is -10.9. The van der Waals surface area contributed by atoms with Crippen LogP contribution in [-0.4, -0.2) is 293 Å². The van der Waals surface area contributed by atoms with E-state index in [0.29, 0.717) is 93.5 Å². The number of benzene rings is 4. The van der Waals surface area contributed by atoms with E-state index in [1.165, 1.54) is 170 Å². The first-order valence-electron chi connectivity index (χ1n) is 54.4. The van der Waals surface area contributed by atoms with Crippen molar-refractivity contribution in [3.63, 3.8) is 0 Å². The number of ether oxygens (including phenoxy) is 1. The molecule has 4 aromatic carbocycles. The molecule has 1 saturated carbocycles. The van der Waals surface area contributed by atoms with Crippen LogP contribution in [0.15, 0.2) is 171 Å². The second-order valence-electron chi connectivity index (χ2n) is 44.5. The highest BCUT2D eigenvalue weighted by molar-refractivity contribution is 7.88. The molecule has 12 aliphatic heterocycles. The van der Waals surface area contributed by atoms with Crippen LogP contribution in [-0.2, 0) is 40.9 Å². The highest BCUT2D eigenvalue weighted by atomic mass is 35.5. The summed E-state index contributed by atoms with van der Waals surface area (Å²) >= 11 is 6.41. The summed E-state index contributed by atoms with van der Waals surface area (Å²) in [5, 5.41) is 30.5. The van der Waals surface area contributed by atoms with Crippen molar-refractivity contribution in [2.24, 2.45) is 0 Å². The van der Waals surface area contributed by atoms with Gasteiger partial charge in [0.2, 0.25) is 10.0 Å². The Bertz CT molecular complexity index is 6100. The van der Waals surface area contributed by atoms with Crippen molar-refractivity contribution in [3.8, 4) is 0 Å². The summed E-state index contributed by atoms with van der Waals surface area (Å²) in [4.78, 5) is 78.4. The van der Waals surface area contributed by atoms with Gasteiger partial charge in [-0.25, -0.2) is 32.0 Å². The molecule has 31 nitrogen and oxygen atoms in total. The number of fused-ring (bicyclic) bond motifs is 2. The quantitative estimate of drug-likeness (QED) is 0.0520. The van der Waals surface area contributed by atoms with Gasteiger partial charge in [-0.15, -0.1) is 20.4 Å². The zero-order chi connectivity index (χ0) is 103. The number of aromatic nitrogens is 8. The number of piperazine rings is 1. The van der Waals surface area contributed by atoms with Crippen molar-refractivity contribution in [1.82, 2.24) is 82.6 Å². The maximum Gasteiger partial charge on any atom is 0.344 e. The van der Waals surface area contributed by atoms with E-state index in [0.717, 1.165) is 210 Å². The summed E-state index contributed by atoms with van der Waals surface area (Å²) in [6.45, 7) is 50.3. The third-order valence-corrected chi connectivity index (χ3v) is 35.4. The van der Waals surface area contributed by atoms with E-state index >= 15 is 0 Å². The zero-order valence-corrected chi connectivity index (χ0v) is 89.9. The lowest BCUT2D eigenvalue weighted by Crippen LogP contribution is -2.53. The Kier molecular flexibility index (Phi) is 33.4. The molecular weight excluding hydrogens is 1890 g/mol. The van der Waals surface area contributed by atoms with E-state index in [-0.39, 0.29) is 46.3 Å². The summed E-state index contributed by atoms with van der Waals surface area (Å²) in [6.07, 6.45) is 35.2. The van der Waals surface area contributed by atoms with Gasteiger partial charge in [0.05, 0.1) is 18.5 Å². The van der Waals surface area contributed by atoms with Gasteiger partial charge in [0, 0.05) is 247 Å². The molecule has 4 spiro atoms. The van der Waals surface area contributed by atoms with Gasteiger partial charge in [0.15, 0.2) is 23.3 Å². The number of nitrogens with one attached hydrogen (secondary N) is 4. The molecule has 8 aromatic rings. The summed E-state index contributed by atoms with van der Waals surface area (Å²) in [5.41, 5.74) is 18.5. The number of piperidine rings is 5. The first kappa shape index (κ1) is 106. The van der Waals surface area contributed by atoms with Gasteiger partial charge < -0.3 is 60.3 Å². The number of carbonyl (C=O) groups is 4. The van der Waals surface area contributed by atoms with Crippen molar-refractivity contribution < 1.29 is 36.7 Å². The average molecular weight is 2050 g/mol. The van der Waals surface area contributed by atoms with Gasteiger partial charge in [-0.2, -0.15) is 23.0 Å². The maximum absolute atomic E-state index is 13.8. The number of anilines is 7. The zero-order valence-electron chi connectivity index (χ0n) is 88.3. The number of allylic oxidation sites excluding steroid dienone is 4. The van der Waals surface area contributed by atoms with Crippen molar-refractivity contribution >= 4 is 86.1 Å². The fourth-order valence-electron chi connectivity index (χ4n) is 25.9. The minimum absolute atomic E-state index is 0.0370. The van der Waals surface area contributed by atoms with Crippen LogP contribution in [0.25, 0.3) is 0 Å². The third-order valence-electron chi connectivity index (χ3n) is 33.8. The molecule has 34 heteroatoms. The topological polar surface area (TPSA) is 270 Å². The molecule has 2 bridgehead atoms. The molecule has 4 N–H and O–H groups in total. The number of halogens is 2. The number of morpholine rings is 1. The number of hydrogen-bond donors (Lipinski definition) is 4. The molecule has 16 heterocycles. The van der Waals surface area contributed by atoms with Crippen LogP contribution in [0.3, 0.4) is 0 Å². The highest BCUT2D eigenvalue weighted by Gasteiger charge is 2.50. The van der Waals surface area contributed by atoms with Crippen molar-refractivity contribution in [3.05, 3.63) is 220 Å². The Morgan fingerprint density at radius 2 is 0.680 bits per heavy atom. The number of alkyl halides is 1. The number of aryl methyl sites for hydroxylation is 3. The molecule has 1 aliphatic carbocycles. The van der Waals surface area contributed by atoms with E-state index in [4.69, 9.17) is 16.3 Å². The summed E-state index contributed by atoms with van der Waals surface area (Å²) in [6, 6.07) is 33.9. The highest BCUT2D eigenvalue weighted by Crippen LogP contribution is 2.48. The molecule has 2 unspecified atom stereocenters. The van der Waals surface area contributed by atoms with Crippen LogP contribution < -0.4 is 36.0 Å². The summed E-state index contributed by atoms with van der Waals surface area (Å²) in [5.74, 6) is 2.95. The van der Waals surface area contributed by atoms with Gasteiger partial charge >= 0.3 is 24.1 Å². The Morgan fingerprint density at radius 1 is 0.374 bits per heavy atom. The van der Waals surface area contributed by atoms with Gasteiger partial charge in [0.1, 0.15) is 6.17 Å². The van der Waals surface area contributed by atoms with Gasteiger partial charge in [-0.1, -0.05) is 80.4 Å². The van der Waals surface area contributed by atoms with Gasteiger partial charge in [-0.05, 0) is 316 Å². The lowest BCUT2D eigenvalue weighted by atomic mass is 9.80. The van der Waals surface area contributed by atoms with Crippen LogP contribution in [0.2, 0.25) is 5.02 Å². The normalized spacial score (nSPS) is 22.6. The molecule has 21 rings (SSSR count). The maximum atomic E-state index is 13.8. The molecule has 792 valence electrons. The van der Waals surface area contributed by atoms with Crippen LogP contribution in [0.4, 0.5) is 63.9 Å². The number of nitrogens with zero attached hydrogens (tertiary/aromatic N) is 20. The minimum Gasteiger partial charge on any atom is -0.371 e. The first-order valence-corrected chi connectivity index (χ1v) is 56.6. The standard InChI is InChI=1S/C29H40N6O2.C28H37ClFN5O.C28H41N7O3S.C28H40N6O/c1-21(2)30-27-9-14-35(31-27)28(36)32-15-11-29(12-16-32)10-4-13-34(29)18-23-6-5-22(3)17-26(23)33-19-24-7-8-25(20-33)37-24;1-20(2)31-26-10-15-35(32-26)27(36)33-16-12-28(13-17-33)11-3-14-34(28)19-22-4-7-23(29)18-25(22)21-5-8-24(30)9-6-21;1-22(2)29-26-8-13-35(30-26)27(36)32-14-10-28(11-15-32)9-5-12-33(28)21-24-7-6-23(3)20-25(24)31-16-18-34(19-17-31)39(4,37)38;1-22(2)29-26-10-17-34(30-26)27(35)32-18-12-28(13-19-32)11-7-16-33(28)21-24-9-8-23(3)20-25(24)31-14-5-4-6-15-31/h5-6,9,14,17,24-25H,1,4,7-8,10-13,15-16,18-20H2,2-3H3,(H,30,31);4,7,10,15,18,21,24H,1,3,5-6,8-9,11-14,16-17,19H2,2H3,(H,31,32);6-8,13,20H,1,5,9-12,14-19,21H2,2-4H3,(H,29,30);8-10,17,20H,1,4-7,11-16,18-19,21H2,2-3H3,(H,29,30). The third kappa shape index (κ3) is 25.2. The summed E-state index contributed by atoms with van der Waals surface area (Å²) < 4.78 is 51.2. The second kappa shape index (κ2) is 46.3. The number of sulfonamides is 1. The van der Waals surface area contributed by atoms with Crippen molar-refractivity contribution in [2.45, 2.75) is 282 Å². The molecular formula is C113H158ClFN24O7S. The molecule has 13 fully saturated rings. The Labute approximate surface area is 875 Å². The Balaban J connectivity index is 0.000000128. The van der Waals surface area contributed by atoms with E-state index in [9.17, 15) is 32.0 Å². The van der Waals surface area contributed by atoms with E-state index in [1.807, 2.05) is 65.5 Å². The van der Waals surface area contributed by atoms with Crippen molar-refractivity contribution in [2.75, 3.05) is 173 Å². The van der Waals surface area contributed by atoms with E-state index in [2.05, 4.69) is 190 Å². The molecule has 2 atom stereocenters. The lowest BCUT2D eigenvalue weighted by molar-refractivity contribution is 0.0301. The SMILES string of the molecule is C=C(C)Nc1ccn(C(=O)N2CCC3(CCCN3Cc3ccc(C)cc3N3CC4CCC(C3)O4)CC2)n1.C=C(C)Nc1ccn(C(=O)N2CCC3(CCCN3Cc3ccc(C)cc3N3CCCCC3)CC2)n1.C=C(C)Nc1ccn(C(=O)N2CCC3(CCCN3Cc3ccc(C)cc3N3CCN(S(C)(=O)=O)CC3)CC2)n1.C=C(C)Nc1ccn(C(=O)N2CCC3(CCCN3Cc3ccc(Cl)cc3C3CCC(F)CC3)CC2)n1. The fourth-order valence-corrected chi connectivity index (χ4v) is 26.9. The molecule has 13 aliphatic rings. The van der Waals surface area contributed by atoms with Crippen LogP contribution in [0, 0.1) is 20.8 Å². The Morgan fingerprint density at radius 3 is 1.00 bits per heavy atom. The predicted molar refractivity (Wildman–Crippen MR) is 584 cm³/mol. The number of amides is 4. The van der Waals surface area contributed by atoms with Crippen LogP contribution in [0.1, 0.15) is 239 Å². The van der Waals surface area contributed by atoms with Gasteiger partial charge in [-0.3, -0.25) is 19.6 Å². The predicted octanol–water partition coefficient (Wildman–Crippen LogP) is 19.7. The van der Waals surface area contributed by atoms with Gasteiger partial charge in [0.25, 0.3) is 0 Å². The number of hydrogen-bond acceptors (Lipinski definition) is 22. The fraction of sp³-hybridized carbons (Fsp3) is 0.575. The summed E-state index contributed by atoms with van der Waals surface area (Å²) in [7, 11) is -3.16. The smallest absolute Gasteiger partial charge is 0.344 e. The first-order chi connectivity index (χ1) is 70.7. The van der Waals surface area contributed by atoms with Crippen LogP contribution >= 0.6 is 11.6 Å². The minimum atomic E-state index is -3.16. The molecule has 147 heavy (non-hydrogen) atoms. The molecule has 4 aromatic heterocycles. The second-order valence-corrected chi connectivity index (χ2v) is 46.9. The number of likely N-dealkylation sites (tertiary alicyclic amines) is 8. The molecule has 0 radical (unpaired) electrons. The average Bonchev–Trinajstić information content (AvgIpc) is 1.66. The monoisotopic (exact) mass is 2050 g/mol. The molecule has 12 saturated heterocycles. The van der Waals surface area contributed by atoms with E-state index in [1.54, 1.807) is 41.2 Å². The van der Waals surface area contributed by atoms with E-state index < -0.39 is 16.2 Å². The largest absolute Gasteiger partial charge is 0.371 e. The number of rotatable bonds is 21. The lowest BCUT2D eigenvalue weighted by Gasteiger charge is -2.45. The molecule has 4 amide bonds. The van der Waals surface area contributed by atoms with Crippen LogP contribution in [0.5, 0.6) is 0 Å².